The minimum Gasteiger partial charge on any atom is -0.480 e. The van der Waals surface area contributed by atoms with Crippen LogP contribution in [-0.2, 0) is 24.3 Å². The predicted molar refractivity (Wildman–Crippen MR) is 61.4 cm³/mol. The van der Waals surface area contributed by atoms with Gasteiger partial charge in [-0.2, -0.15) is 4.31 Å². The van der Waals surface area contributed by atoms with Gasteiger partial charge in [-0.15, -0.1) is 0 Å². The van der Waals surface area contributed by atoms with Gasteiger partial charge in [-0.25, -0.2) is 8.42 Å². The van der Waals surface area contributed by atoms with E-state index in [4.69, 9.17) is 5.11 Å². The zero-order chi connectivity index (χ0) is 13.9. The van der Waals surface area contributed by atoms with Gasteiger partial charge in [0.1, 0.15) is 6.04 Å². The summed E-state index contributed by atoms with van der Waals surface area (Å²) in [5, 5.41) is 10.4. The monoisotopic (exact) mass is 280 g/mol. The van der Waals surface area contributed by atoms with Crippen LogP contribution >= 0.6 is 0 Å². The molecule has 0 aromatic rings. The normalized spacial score (nSPS) is 23.3. The van der Waals surface area contributed by atoms with Gasteiger partial charge < -0.3 is 15.2 Å². The number of methoxy groups -OCH3 is 1. The summed E-state index contributed by atoms with van der Waals surface area (Å²) in [5.41, 5.74) is 0. The van der Waals surface area contributed by atoms with E-state index in [1.54, 1.807) is 0 Å². The topological polar surface area (TPSA) is 113 Å². The fourth-order valence-corrected chi connectivity index (χ4v) is 3.30. The molecule has 1 saturated heterocycles. The summed E-state index contributed by atoms with van der Waals surface area (Å²) in [7, 11) is -2.95. The van der Waals surface area contributed by atoms with E-state index in [9.17, 15) is 18.0 Å². The summed E-state index contributed by atoms with van der Waals surface area (Å²) in [6.45, 7) is 1.56. The number of hydrogen-bond donors (Lipinski definition) is 2. The van der Waals surface area contributed by atoms with Crippen molar-refractivity contribution in [3.63, 3.8) is 0 Å². The first kappa shape index (κ1) is 14.9. The number of sulfonamides is 1. The number of carbonyl (C=O) groups is 2. The molecular formula is C9H16N2O6S. The molecule has 2 unspecified atom stereocenters. The van der Waals surface area contributed by atoms with Crippen molar-refractivity contribution in [2.45, 2.75) is 18.2 Å². The lowest BCUT2D eigenvalue weighted by atomic mass is 10.2. The highest BCUT2D eigenvalue weighted by molar-refractivity contribution is 7.90. The smallest absolute Gasteiger partial charge is 0.325 e. The molecule has 104 valence electrons. The zero-order valence-corrected chi connectivity index (χ0v) is 10.9. The van der Waals surface area contributed by atoms with Gasteiger partial charge in [0.05, 0.1) is 7.11 Å². The van der Waals surface area contributed by atoms with Crippen LogP contribution in [0.4, 0.5) is 0 Å². The van der Waals surface area contributed by atoms with Crippen molar-refractivity contribution in [3.05, 3.63) is 0 Å². The van der Waals surface area contributed by atoms with E-state index in [-0.39, 0.29) is 13.1 Å². The highest BCUT2D eigenvalue weighted by Crippen LogP contribution is 2.16. The fourth-order valence-electron chi connectivity index (χ4n) is 1.69. The number of carboxylic acid groups (broad SMARTS) is 1. The minimum atomic E-state index is -4.03. The molecule has 1 rings (SSSR count). The number of aliphatic carboxylic acids is 1. The van der Waals surface area contributed by atoms with Gasteiger partial charge in [0.2, 0.25) is 10.0 Å². The van der Waals surface area contributed by atoms with E-state index in [1.165, 1.54) is 6.92 Å². The summed E-state index contributed by atoms with van der Waals surface area (Å²) < 4.78 is 29.5. The molecule has 1 aliphatic heterocycles. The number of nitrogens with one attached hydrogen (secondary N) is 1. The molecule has 9 heteroatoms. The molecule has 2 atom stereocenters. The number of carbonyl (C=O) groups excluding carboxylic acids is 1. The molecule has 18 heavy (non-hydrogen) atoms. The van der Waals surface area contributed by atoms with Crippen LogP contribution in [0.3, 0.4) is 0 Å². The average molecular weight is 280 g/mol. The second-order valence-corrected chi connectivity index (χ2v) is 6.09. The summed E-state index contributed by atoms with van der Waals surface area (Å²) in [6.07, 6.45) is 0. The van der Waals surface area contributed by atoms with Crippen LogP contribution in [-0.4, -0.2) is 67.8 Å². The van der Waals surface area contributed by atoms with Crippen LogP contribution in [0.25, 0.3) is 0 Å². The Morgan fingerprint density at radius 2 is 2.11 bits per heavy atom. The maximum Gasteiger partial charge on any atom is 0.325 e. The maximum absolute atomic E-state index is 12.1. The van der Waals surface area contributed by atoms with Crippen LogP contribution in [0.2, 0.25) is 0 Å². The van der Waals surface area contributed by atoms with Crippen LogP contribution in [0.5, 0.6) is 0 Å². The minimum absolute atomic E-state index is 0.0145. The maximum atomic E-state index is 12.1. The molecular weight excluding hydrogens is 264 g/mol. The average Bonchev–Trinajstić information content (AvgIpc) is 2.36. The van der Waals surface area contributed by atoms with Crippen molar-refractivity contribution < 1.29 is 27.9 Å². The molecule has 2 N–H and O–H groups in total. The molecule has 0 radical (unpaired) electrons. The standard InChI is InChI=1S/C9H16N2O6S/c1-6(9(14)17-2)18(15,16)11-4-3-10-5-7(11)8(12)13/h6-7,10H,3-5H2,1-2H3,(H,12,13). The number of esters is 1. The third kappa shape index (κ3) is 2.79. The van der Waals surface area contributed by atoms with Gasteiger partial charge in [-0.05, 0) is 6.92 Å². The molecule has 0 aromatic heterocycles. The Balaban J connectivity index is 3.01. The van der Waals surface area contributed by atoms with Crippen molar-refractivity contribution in [3.8, 4) is 0 Å². The van der Waals surface area contributed by atoms with Gasteiger partial charge in [0, 0.05) is 19.6 Å². The Morgan fingerprint density at radius 1 is 1.50 bits per heavy atom. The lowest BCUT2D eigenvalue weighted by Crippen LogP contribution is -2.59. The number of ether oxygens (including phenoxy) is 1. The van der Waals surface area contributed by atoms with Gasteiger partial charge in [0.15, 0.2) is 5.25 Å². The SMILES string of the molecule is COC(=O)C(C)S(=O)(=O)N1CCNCC1C(=O)O. The molecule has 1 aliphatic rings. The first-order valence-electron chi connectivity index (χ1n) is 5.34. The Kier molecular flexibility index (Phi) is 4.65. The van der Waals surface area contributed by atoms with Gasteiger partial charge in [-0.1, -0.05) is 0 Å². The summed E-state index contributed by atoms with van der Waals surface area (Å²) in [6, 6.07) is -1.20. The number of carboxylic acids is 1. The number of rotatable bonds is 4. The largest absolute Gasteiger partial charge is 0.480 e. The van der Waals surface area contributed by atoms with Gasteiger partial charge in [-0.3, -0.25) is 9.59 Å². The van der Waals surface area contributed by atoms with Crippen molar-refractivity contribution in [1.82, 2.24) is 9.62 Å². The van der Waals surface area contributed by atoms with Crippen LogP contribution in [0, 0.1) is 0 Å². The van der Waals surface area contributed by atoms with E-state index in [2.05, 4.69) is 10.1 Å². The van der Waals surface area contributed by atoms with Crippen molar-refractivity contribution >= 4 is 22.0 Å². The molecule has 0 spiro atoms. The van der Waals surface area contributed by atoms with Crippen molar-refractivity contribution in [2.75, 3.05) is 26.7 Å². The predicted octanol–water partition coefficient (Wildman–Crippen LogP) is -1.76. The second kappa shape index (κ2) is 5.63. The Morgan fingerprint density at radius 3 is 2.61 bits per heavy atom. The van der Waals surface area contributed by atoms with E-state index >= 15 is 0 Å². The van der Waals surface area contributed by atoms with Gasteiger partial charge in [0.25, 0.3) is 0 Å². The molecule has 0 amide bonds. The van der Waals surface area contributed by atoms with E-state index in [1.807, 2.05) is 0 Å². The van der Waals surface area contributed by atoms with Crippen LogP contribution in [0.1, 0.15) is 6.92 Å². The molecule has 0 bridgehead atoms. The molecule has 1 heterocycles. The number of hydrogen-bond acceptors (Lipinski definition) is 6. The zero-order valence-electron chi connectivity index (χ0n) is 10.1. The Bertz CT molecular complexity index is 434. The lowest BCUT2D eigenvalue weighted by Gasteiger charge is -2.33. The molecule has 0 aliphatic carbocycles. The number of nitrogens with zero attached hydrogens (tertiary/aromatic N) is 1. The summed E-state index contributed by atoms with van der Waals surface area (Å²) in [5.74, 6) is -2.15. The lowest BCUT2D eigenvalue weighted by molar-refractivity contribution is -0.143. The first-order valence-corrected chi connectivity index (χ1v) is 6.84. The second-order valence-electron chi connectivity index (χ2n) is 3.88. The first-order chi connectivity index (χ1) is 8.32. The van der Waals surface area contributed by atoms with Crippen molar-refractivity contribution in [1.29, 1.82) is 0 Å². The third-order valence-electron chi connectivity index (χ3n) is 2.79. The molecule has 0 saturated carbocycles. The van der Waals surface area contributed by atoms with Crippen LogP contribution < -0.4 is 5.32 Å². The number of piperazine rings is 1. The summed E-state index contributed by atoms with van der Waals surface area (Å²) >= 11 is 0. The van der Waals surface area contributed by atoms with E-state index in [0.29, 0.717) is 6.54 Å². The fraction of sp³-hybridized carbons (Fsp3) is 0.778. The van der Waals surface area contributed by atoms with E-state index < -0.39 is 33.3 Å². The molecule has 8 nitrogen and oxygen atoms in total. The van der Waals surface area contributed by atoms with Crippen molar-refractivity contribution in [2.24, 2.45) is 0 Å². The van der Waals surface area contributed by atoms with E-state index in [0.717, 1.165) is 11.4 Å². The molecule has 0 aromatic carbocycles. The molecule has 1 fully saturated rings. The Hall–Kier alpha value is -1.19. The highest BCUT2D eigenvalue weighted by atomic mass is 32.2. The Labute approximate surface area is 105 Å². The third-order valence-corrected chi connectivity index (χ3v) is 4.96. The van der Waals surface area contributed by atoms with Crippen LogP contribution in [0.15, 0.2) is 0 Å². The van der Waals surface area contributed by atoms with Gasteiger partial charge >= 0.3 is 11.9 Å². The highest BCUT2D eigenvalue weighted by Gasteiger charge is 2.42. The quantitative estimate of drug-likeness (QED) is 0.586. The summed E-state index contributed by atoms with van der Waals surface area (Å²) in [4.78, 5) is 22.3.